The summed E-state index contributed by atoms with van der Waals surface area (Å²) in [5.74, 6) is -2.86. The highest BCUT2D eigenvalue weighted by atomic mass is 16.5. The molecule has 10 N–H and O–H groups in total. The molecule has 1 amide bonds. The third kappa shape index (κ3) is 3.14. The second kappa shape index (κ2) is 7.25. The molecule has 1 fully saturated rings. The quantitative estimate of drug-likeness (QED) is 0.237. The lowest BCUT2D eigenvalue weighted by Crippen LogP contribution is -2.78. The third-order valence-electron chi connectivity index (χ3n) is 6.28. The predicted octanol–water partition coefficient (Wildman–Crippen LogP) is -2.49. The van der Waals surface area contributed by atoms with E-state index in [-0.39, 0.29) is 31.5 Å². The molecule has 1 saturated heterocycles. The van der Waals surface area contributed by atoms with Crippen LogP contribution in [-0.2, 0) is 11.2 Å². The first-order valence-electron chi connectivity index (χ1n) is 9.96. The van der Waals surface area contributed by atoms with E-state index in [0.717, 1.165) is 5.56 Å². The number of nitrogens with one attached hydrogen (secondary N) is 1. The van der Waals surface area contributed by atoms with Crippen LogP contribution in [-0.4, -0.2) is 80.5 Å². The summed E-state index contributed by atoms with van der Waals surface area (Å²) < 4.78 is 4.85. The molecule has 4 atom stereocenters. The van der Waals surface area contributed by atoms with E-state index in [1.165, 1.54) is 4.90 Å². The largest absolute Gasteiger partial charge is 0.447 e. The van der Waals surface area contributed by atoms with Crippen LogP contribution >= 0.6 is 0 Å². The Kier molecular flexibility index (Phi) is 4.95. The number of rotatable bonds is 6. The van der Waals surface area contributed by atoms with Gasteiger partial charge >= 0.3 is 6.09 Å². The number of hydrogen-bond acceptors (Lipinski definition) is 11. The molecule has 31 heavy (non-hydrogen) atoms. The molecule has 12 nitrogen and oxygen atoms in total. The summed E-state index contributed by atoms with van der Waals surface area (Å²) in [6.45, 7) is -0.503. The maximum atomic E-state index is 11.4. The number of carbonyl (C=O) groups excluding carboxylic acids is 1. The fraction of sp³-hybridized carbons (Fsp3) is 0.526. The van der Waals surface area contributed by atoms with Gasteiger partial charge in [-0.2, -0.15) is 0 Å². The van der Waals surface area contributed by atoms with Gasteiger partial charge in [-0.25, -0.2) is 14.8 Å². The van der Waals surface area contributed by atoms with Crippen LogP contribution in [0.1, 0.15) is 18.4 Å². The Labute approximate surface area is 178 Å². The SMILES string of the molecule is NC(=O)OC[C@@H]1N=C(N)N2C[C@@](O)(CCCc3ccccc3)C(O)(O)[C@@]23NC(N)=N[C@@H]13. The van der Waals surface area contributed by atoms with Gasteiger partial charge in [0.1, 0.15) is 24.3 Å². The smallest absolute Gasteiger partial charge is 0.404 e. The summed E-state index contributed by atoms with van der Waals surface area (Å²) >= 11 is 0. The minimum atomic E-state index is -2.71. The van der Waals surface area contributed by atoms with Crippen molar-refractivity contribution in [2.24, 2.45) is 27.2 Å². The molecule has 4 rings (SSSR count). The van der Waals surface area contributed by atoms with E-state index in [0.29, 0.717) is 12.8 Å². The van der Waals surface area contributed by atoms with Crippen LogP contribution in [0, 0.1) is 0 Å². The van der Waals surface area contributed by atoms with Gasteiger partial charge in [0.15, 0.2) is 17.6 Å². The molecule has 0 saturated carbocycles. The number of aliphatic imine (C=N–C) groups is 2. The first kappa shape index (κ1) is 21.2. The van der Waals surface area contributed by atoms with Gasteiger partial charge in [-0.1, -0.05) is 30.3 Å². The predicted molar refractivity (Wildman–Crippen MR) is 110 cm³/mol. The van der Waals surface area contributed by atoms with E-state index in [1.54, 1.807) is 0 Å². The van der Waals surface area contributed by atoms with Crippen molar-refractivity contribution in [2.75, 3.05) is 13.2 Å². The Morgan fingerprint density at radius 3 is 2.61 bits per heavy atom. The highest BCUT2D eigenvalue weighted by molar-refractivity contribution is 5.87. The number of hydrogen-bond donors (Lipinski definition) is 7. The zero-order chi connectivity index (χ0) is 22.4. The molecule has 0 aliphatic carbocycles. The lowest BCUT2D eigenvalue weighted by molar-refractivity contribution is -0.294. The van der Waals surface area contributed by atoms with Gasteiger partial charge in [-0.3, -0.25) is 0 Å². The van der Waals surface area contributed by atoms with Crippen LogP contribution in [0.3, 0.4) is 0 Å². The van der Waals surface area contributed by atoms with Crippen molar-refractivity contribution >= 4 is 18.0 Å². The van der Waals surface area contributed by atoms with E-state index in [9.17, 15) is 20.1 Å². The first-order valence-corrected chi connectivity index (χ1v) is 9.96. The molecule has 1 aromatic rings. The summed E-state index contributed by atoms with van der Waals surface area (Å²) in [4.78, 5) is 21.0. The van der Waals surface area contributed by atoms with Crippen molar-refractivity contribution in [3.63, 3.8) is 0 Å². The molecule has 12 heteroatoms. The number of amides is 1. The topological polar surface area (TPSA) is 205 Å². The third-order valence-corrected chi connectivity index (χ3v) is 6.28. The number of aliphatic hydroxyl groups is 3. The van der Waals surface area contributed by atoms with Gasteiger partial charge in [0.25, 0.3) is 0 Å². The number of guanidine groups is 2. The highest BCUT2D eigenvalue weighted by Gasteiger charge is 2.78. The molecule has 0 radical (unpaired) electrons. The summed E-state index contributed by atoms with van der Waals surface area (Å²) in [6, 6.07) is 7.78. The van der Waals surface area contributed by atoms with Crippen molar-refractivity contribution in [1.29, 1.82) is 0 Å². The molecular weight excluding hydrogens is 406 g/mol. The van der Waals surface area contributed by atoms with Crippen LogP contribution in [0.5, 0.6) is 0 Å². The molecule has 168 valence electrons. The molecule has 1 spiro atoms. The second-order valence-corrected chi connectivity index (χ2v) is 8.16. The number of primary amides is 1. The molecule has 3 aliphatic heterocycles. The summed E-state index contributed by atoms with van der Waals surface area (Å²) in [7, 11) is 0. The van der Waals surface area contributed by atoms with Crippen LogP contribution in [0.4, 0.5) is 4.79 Å². The maximum absolute atomic E-state index is 11.4. The van der Waals surface area contributed by atoms with Crippen LogP contribution in [0.25, 0.3) is 0 Å². The Morgan fingerprint density at radius 1 is 1.23 bits per heavy atom. The first-order chi connectivity index (χ1) is 14.6. The molecular formula is C19H27N7O5. The minimum absolute atomic E-state index is 0.0666. The average molecular weight is 433 g/mol. The number of nitrogens with two attached hydrogens (primary N) is 3. The normalized spacial score (nSPS) is 33.1. The molecule has 1 aromatic carbocycles. The monoisotopic (exact) mass is 433 g/mol. The van der Waals surface area contributed by atoms with Crippen molar-refractivity contribution in [2.45, 2.75) is 48.4 Å². The van der Waals surface area contributed by atoms with E-state index < -0.39 is 35.2 Å². The number of nitrogens with zero attached hydrogens (tertiary/aromatic N) is 3. The zero-order valence-corrected chi connectivity index (χ0v) is 16.8. The van der Waals surface area contributed by atoms with Crippen molar-refractivity contribution in [3.8, 4) is 0 Å². The van der Waals surface area contributed by atoms with E-state index in [2.05, 4.69) is 15.3 Å². The summed E-state index contributed by atoms with van der Waals surface area (Å²) in [5, 5.41) is 36.8. The fourth-order valence-electron chi connectivity index (χ4n) is 4.82. The maximum Gasteiger partial charge on any atom is 0.404 e. The average Bonchev–Trinajstić information content (AvgIpc) is 3.15. The minimum Gasteiger partial charge on any atom is -0.447 e. The van der Waals surface area contributed by atoms with E-state index >= 15 is 0 Å². The number of carbonyl (C=O) groups is 1. The van der Waals surface area contributed by atoms with Crippen LogP contribution < -0.4 is 22.5 Å². The van der Waals surface area contributed by atoms with E-state index in [4.69, 9.17) is 21.9 Å². The zero-order valence-electron chi connectivity index (χ0n) is 16.8. The van der Waals surface area contributed by atoms with Gasteiger partial charge in [0, 0.05) is 0 Å². The number of ether oxygens (including phenoxy) is 1. The highest BCUT2D eigenvalue weighted by Crippen LogP contribution is 2.50. The standard InChI is InChI=1S/C19H27N7O5/c20-14-24-13-12(9-31-16(22)27)23-15(21)26-10-17(28,19(29,30)18(13,26)25-14)8-4-7-11-5-2-1-3-6-11/h1-3,5-6,12-13,28-30H,4,7-10H2,(H2,21,23)(H2,22,27)(H3,20,24,25)/t12-,13-,17-,18-/m0/s1. The van der Waals surface area contributed by atoms with Crippen LogP contribution in [0.2, 0.25) is 0 Å². The van der Waals surface area contributed by atoms with Crippen molar-refractivity contribution in [3.05, 3.63) is 35.9 Å². The Morgan fingerprint density at radius 2 is 1.94 bits per heavy atom. The van der Waals surface area contributed by atoms with Crippen molar-refractivity contribution < 1.29 is 24.9 Å². The summed E-state index contributed by atoms with van der Waals surface area (Å²) in [6.07, 6.45) is 0.174. The van der Waals surface area contributed by atoms with Crippen molar-refractivity contribution in [1.82, 2.24) is 10.2 Å². The second-order valence-electron chi connectivity index (χ2n) is 8.16. The molecule has 3 heterocycles. The lowest BCUT2D eigenvalue weighted by atomic mass is 9.79. The number of aryl methyl sites for hydroxylation is 1. The van der Waals surface area contributed by atoms with Gasteiger partial charge in [0.05, 0.1) is 6.54 Å². The Bertz CT molecular complexity index is 923. The number of benzene rings is 1. The van der Waals surface area contributed by atoms with E-state index in [1.807, 2.05) is 30.3 Å². The lowest BCUT2D eigenvalue weighted by Gasteiger charge is -2.49. The molecule has 3 aliphatic rings. The Balaban J connectivity index is 1.62. The van der Waals surface area contributed by atoms with Gasteiger partial charge in [-0.15, -0.1) is 0 Å². The molecule has 0 unspecified atom stereocenters. The fourth-order valence-corrected chi connectivity index (χ4v) is 4.82. The molecule has 0 bridgehead atoms. The van der Waals surface area contributed by atoms with Gasteiger partial charge < -0.3 is 47.5 Å². The molecule has 0 aromatic heterocycles. The Hall–Kier alpha value is -3.09. The van der Waals surface area contributed by atoms with Gasteiger partial charge in [0.2, 0.25) is 5.79 Å². The van der Waals surface area contributed by atoms with Gasteiger partial charge in [-0.05, 0) is 24.8 Å². The summed E-state index contributed by atoms with van der Waals surface area (Å²) in [5.41, 5.74) is 14.4. The van der Waals surface area contributed by atoms with Crippen LogP contribution in [0.15, 0.2) is 40.3 Å².